The molecule has 0 aliphatic carbocycles. The summed E-state index contributed by atoms with van der Waals surface area (Å²) in [6.45, 7) is 5.76. The van der Waals surface area contributed by atoms with Crippen LogP contribution >= 0.6 is 0 Å². The molecule has 1 heterocycles. The Labute approximate surface area is 168 Å². The standard InChI is InChI=1S/C22H21N3O4/c1-14-4-6-17(16(3)10-14)12-22(26)24-23-13-18-7-9-21(29-18)19-8-5-15(2)11-20(19)25(27)28/h4-11,13H,12H2,1-3H3,(H,24,26)/b23-13+. The van der Waals surface area contributed by atoms with Crippen molar-refractivity contribution in [1.82, 2.24) is 5.43 Å². The zero-order valence-corrected chi connectivity index (χ0v) is 16.4. The maximum atomic E-state index is 12.1. The van der Waals surface area contributed by atoms with Crippen molar-refractivity contribution in [2.24, 2.45) is 5.10 Å². The first-order chi connectivity index (χ1) is 13.8. The minimum absolute atomic E-state index is 0.0235. The molecule has 0 aliphatic rings. The van der Waals surface area contributed by atoms with Gasteiger partial charge in [-0.3, -0.25) is 14.9 Å². The number of nitro benzene ring substituents is 1. The first-order valence-electron chi connectivity index (χ1n) is 9.07. The molecule has 1 N–H and O–H groups in total. The summed E-state index contributed by atoms with van der Waals surface area (Å²) in [5, 5.41) is 15.2. The van der Waals surface area contributed by atoms with Gasteiger partial charge < -0.3 is 4.42 Å². The van der Waals surface area contributed by atoms with Crippen LogP contribution in [0.4, 0.5) is 5.69 Å². The Bertz CT molecular complexity index is 1100. The van der Waals surface area contributed by atoms with E-state index in [0.717, 1.165) is 22.3 Å². The highest BCUT2D eigenvalue weighted by atomic mass is 16.6. The third-order valence-corrected chi connectivity index (χ3v) is 4.47. The van der Waals surface area contributed by atoms with E-state index in [1.165, 1.54) is 12.3 Å². The fraction of sp³-hybridized carbons (Fsp3) is 0.182. The van der Waals surface area contributed by atoms with E-state index in [-0.39, 0.29) is 18.0 Å². The summed E-state index contributed by atoms with van der Waals surface area (Å²) in [5.41, 5.74) is 6.77. The SMILES string of the molecule is Cc1ccc(CC(=O)N/N=C/c2ccc(-c3ccc(C)cc3[N+](=O)[O-])o2)c(C)c1. The van der Waals surface area contributed by atoms with Crippen molar-refractivity contribution in [3.63, 3.8) is 0 Å². The van der Waals surface area contributed by atoms with Crippen LogP contribution in [0.1, 0.15) is 28.0 Å². The van der Waals surface area contributed by atoms with Gasteiger partial charge in [0, 0.05) is 6.07 Å². The van der Waals surface area contributed by atoms with Crippen LogP contribution in [-0.4, -0.2) is 17.0 Å². The average molecular weight is 391 g/mol. The van der Waals surface area contributed by atoms with Crippen LogP contribution < -0.4 is 5.43 Å². The number of nitro groups is 1. The smallest absolute Gasteiger partial charge is 0.280 e. The molecule has 0 fully saturated rings. The number of benzene rings is 2. The van der Waals surface area contributed by atoms with Crippen LogP contribution in [-0.2, 0) is 11.2 Å². The Hall–Kier alpha value is -3.74. The van der Waals surface area contributed by atoms with E-state index in [1.54, 1.807) is 31.2 Å². The van der Waals surface area contributed by atoms with Crippen molar-refractivity contribution < 1.29 is 14.1 Å². The number of hydrazone groups is 1. The number of rotatable bonds is 6. The molecule has 0 radical (unpaired) electrons. The lowest BCUT2D eigenvalue weighted by Crippen LogP contribution is -2.20. The lowest BCUT2D eigenvalue weighted by atomic mass is 10.0. The molecule has 3 rings (SSSR count). The molecule has 0 bridgehead atoms. The predicted molar refractivity (Wildman–Crippen MR) is 111 cm³/mol. The predicted octanol–water partition coefficient (Wildman–Crippen LogP) is 4.47. The quantitative estimate of drug-likeness (QED) is 0.381. The fourth-order valence-corrected chi connectivity index (χ4v) is 2.99. The van der Waals surface area contributed by atoms with Crippen LogP contribution in [0.2, 0.25) is 0 Å². The Morgan fingerprint density at radius 1 is 1.10 bits per heavy atom. The second-order valence-electron chi connectivity index (χ2n) is 6.88. The zero-order valence-electron chi connectivity index (χ0n) is 16.4. The molecule has 2 aromatic carbocycles. The van der Waals surface area contributed by atoms with Gasteiger partial charge in [-0.1, -0.05) is 29.8 Å². The van der Waals surface area contributed by atoms with E-state index >= 15 is 0 Å². The fourth-order valence-electron chi connectivity index (χ4n) is 2.99. The Kier molecular flexibility index (Phi) is 5.87. The van der Waals surface area contributed by atoms with Crippen LogP contribution in [0.15, 0.2) is 58.0 Å². The minimum Gasteiger partial charge on any atom is -0.455 e. The van der Waals surface area contributed by atoms with Gasteiger partial charge in [0.25, 0.3) is 5.69 Å². The number of hydrogen-bond donors (Lipinski definition) is 1. The summed E-state index contributed by atoms with van der Waals surface area (Å²) in [5.74, 6) is 0.496. The van der Waals surface area contributed by atoms with Gasteiger partial charge in [-0.2, -0.15) is 5.10 Å². The van der Waals surface area contributed by atoms with Crippen molar-refractivity contribution in [3.8, 4) is 11.3 Å². The normalized spacial score (nSPS) is 11.0. The average Bonchev–Trinajstić information content (AvgIpc) is 3.12. The highest BCUT2D eigenvalue weighted by Gasteiger charge is 2.18. The first kappa shape index (κ1) is 20.0. The van der Waals surface area contributed by atoms with Crippen LogP contribution in [0.3, 0.4) is 0 Å². The van der Waals surface area contributed by atoms with Crippen LogP contribution in [0.25, 0.3) is 11.3 Å². The van der Waals surface area contributed by atoms with Gasteiger partial charge in [-0.25, -0.2) is 5.43 Å². The van der Waals surface area contributed by atoms with E-state index in [2.05, 4.69) is 10.5 Å². The molecular weight excluding hydrogens is 370 g/mol. The maximum absolute atomic E-state index is 12.1. The number of hydrogen-bond acceptors (Lipinski definition) is 5. The minimum atomic E-state index is -0.439. The second kappa shape index (κ2) is 8.52. The van der Waals surface area contributed by atoms with E-state index in [1.807, 2.05) is 32.0 Å². The van der Waals surface area contributed by atoms with Gasteiger partial charge >= 0.3 is 0 Å². The molecule has 0 spiro atoms. The molecule has 7 nitrogen and oxygen atoms in total. The molecule has 1 aromatic heterocycles. The maximum Gasteiger partial charge on any atom is 0.280 e. The van der Waals surface area contributed by atoms with E-state index in [4.69, 9.17) is 4.42 Å². The van der Waals surface area contributed by atoms with Gasteiger partial charge in [0.2, 0.25) is 5.91 Å². The molecule has 29 heavy (non-hydrogen) atoms. The van der Waals surface area contributed by atoms with Gasteiger partial charge in [0.05, 0.1) is 23.1 Å². The molecule has 148 valence electrons. The topological polar surface area (TPSA) is 97.7 Å². The molecule has 0 saturated carbocycles. The first-order valence-corrected chi connectivity index (χ1v) is 9.07. The molecule has 0 saturated heterocycles. The largest absolute Gasteiger partial charge is 0.455 e. The number of furan rings is 1. The summed E-state index contributed by atoms with van der Waals surface area (Å²) < 4.78 is 5.63. The molecule has 0 unspecified atom stereocenters. The number of nitrogens with zero attached hydrogens (tertiary/aromatic N) is 2. The van der Waals surface area contributed by atoms with Gasteiger partial charge in [-0.15, -0.1) is 0 Å². The number of amides is 1. The van der Waals surface area contributed by atoms with Crippen molar-refractivity contribution >= 4 is 17.8 Å². The summed E-state index contributed by atoms with van der Waals surface area (Å²) in [7, 11) is 0. The lowest BCUT2D eigenvalue weighted by Gasteiger charge is -2.05. The van der Waals surface area contributed by atoms with Gasteiger partial charge in [0.1, 0.15) is 11.5 Å². The Morgan fingerprint density at radius 3 is 2.55 bits per heavy atom. The highest BCUT2D eigenvalue weighted by molar-refractivity contribution is 5.82. The second-order valence-corrected chi connectivity index (χ2v) is 6.88. The molecule has 7 heteroatoms. The van der Waals surface area contributed by atoms with Crippen molar-refractivity contribution in [3.05, 3.63) is 86.7 Å². The van der Waals surface area contributed by atoms with Crippen LogP contribution in [0, 0.1) is 30.9 Å². The molecule has 0 aliphatic heterocycles. The van der Waals surface area contributed by atoms with Crippen molar-refractivity contribution in [2.75, 3.05) is 0 Å². The summed E-state index contributed by atoms with van der Waals surface area (Å²) >= 11 is 0. The number of nitrogens with one attached hydrogen (secondary N) is 1. The van der Waals surface area contributed by atoms with Gasteiger partial charge in [0.15, 0.2) is 0 Å². The van der Waals surface area contributed by atoms with Crippen molar-refractivity contribution in [1.29, 1.82) is 0 Å². The summed E-state index contributed by atoms with van der Waals surface area (Å²) in [6, 6.07) is 14.1. The van der Waals surface area contributed by atoms with E-state index in [0.29, 0.717) is 17.1 Å². The Morgan fingerprint density at radius 2 is 1.83 bits per heavy atom. The molecule has 3 aromatic rings. The third-order valence-electron chi connectivity index (χ3n) is 4.47. The Balaban J connectivity index is 1.67. The number of carbonyl (C=O) groups excluding carboxylic acids is 1. The number of aryl methyl sites for hydroxylation is 3. The number of carbonyl (C=O) groups is 1. The molecule has 1 amide bonds. The van der Waals surface area contributed by atoms with Crippen molar-refractivity contribution in [2.45, 2.75) is 27.2 Å². The lowest BCUT2D eigenvalue weighted by molar-refractivity contribution is -0.384. The van der Waals surface area contributed by atoms with Gasteiger partial charge in [-0.05, 0) is 55.7 Å². The highest BCUT2D eigenvalue weighted by Crippen LogP contribution is 2.31. The summed E-state index contributed by atoms with van der Waals surface area (Å²) in [4.78, 5) is 22.9. The van der Waals surface area contributed by atoms with Crippen LogP contribution in [0.5, 0.6) is 0 Å². The van der Waals surface area contributed by atoms with E-state index in [9.17, 15) is 14.9 Å². The van der Waals surface area contributed by atoms with E-state index < -0.39 is 4.92 Å². The zero-order chi connectivity index (χ0) is 21.0. The molecule has 0 atom stereocenters. The monoisotopic (exact) mass is 391 g/mol. The third kappa shape index (κ3) is 4.95. The molecular formula is C22H21N3O4. The summed E-state index contributed by atoms with van der Waals surface area (Å²) in [6.07, 6.45) is 1.59.